The van der Waals surface area contributed by atoms with Crippen LogP contribution in [0.1, 0.15) is 50.2 Å². The number of fused-ring (bicyclic) bond motifs is 3. The minimum atomic E-state index is -0.293. The van der Waals surface area contributed by atoms with Gasteiger partial charge in [0.25, 0.3) is 17.9 Å². The van der Waals surface area contributed by atoms with Gasteiger partial charge in [-0.25, -0.2) is 0 Å². The fourth-order valence-electron chi connectivity index (χ4n) is 5.34. The van der Waals surface area contributed by atoms with Crippen molar-refractivity contribution >= 4 is 68.7 Å². The van der Waals surface area contributed by atoms with Gasteiger partial charge in [0.1, 0.15) is 13.9 Å². The summed E-state index contributed by atoms with van der Waals surface area (Å²) in [6.45, 7) is 5.55. The van der Waals surface area contributed by atoms with Gasteiger partial charge in [-0.3, -0.25) is 23.9 Å². The van der Waals surface area contributed by atoms with Crippen molar-refractivity contribution in [2.75, 3.05) is 18.0 Å². The number of likely N-dealkylation sites (N-methyl/N-ethyl adjacent to an activating group) is 1. The molecule has 1 aromatic heterocycles. The maximum atomic E-state index is 13.3. The number of thiazole rings is 1. The van der Waals surface area contributed by atoms with Gasteiger partial charge in [-0.2, -0.15) is 0 Å². The summed E-state index contributed by atoms with van der Waals surface area (Å²) >= 11 is 7.74. The first-order valence-corrected chi connectivity index (χ1v) is 13.5. The topological polar surface area (TPSA) is 71.8 Å². The molecule has 0 spiro atoms. The van der Waals surface area contributed by atoms with Gasteiger partial charge >= 0.3 is 0 Å². The summed E-state index contributed by atoms with van der Waals surface area (Å²) in [4.78, 5) is 41.4. The number of carbonyl (C=O) groups is 2. The molecule has 178 valence electrons. The Labute approximate surface area is 210 Å². The summed E-state index contributed by atoms with van der Waals surface area (Å²) < 4.78 is 7.64. The predicted octanol–water partition coefficient (Wildman–Crippen LogP) is 2.33. The van der Waals surface area contributed by atoms with Gasteiger partial charge in [-0.1, -0.05) is 36.5 Å². The first kappa shape index (κ1) is 23.3. The molecule has 1 amide bonds. The van der Waals surface area contributed by atoms with Gasteiger partial charge in [0.15, 0.2) is 6.73 Å². The van der Waals surface area contributed by atoms with E-state index in [1.165, 1.54) is 63.1 Å². The summed E-state index contributed by atoms with van der Waals surface area (Å²) in [6, 6.07) is 6.99. The average molecular weight is 516 g/mol. The molecule has 1 saturated carbocycles. The lowest BCUT2D eigenvalue weighted by Crippen LogP contribution is -2.34. The lowest BCUT2D eigenvalue weighted by atomic mass is 9.96. The highest BCUT2D eigenvalue weighted by Crippen LogP contribution is 2.49. The number of carbonyl (C=O) groups excluding carboxylic acids is 2. The Morgan fingerprint density at radius 2 is 2.03 bits per heavy atom. The van der Waals surface area contributed by atoms with E-state index in [0.29, 0.717) is 43.4 Å². The van der Waals surface area contributed by atoms with E-state index in [-0.39, 0.29) is 18.2 Å². The van der Waals surface area contributed by atoms with Crippen LogP contribution in [0.3, 0.4) is 0 Å². The van der Waals surface area contributed by atoms with Gasteiger partial charge in [0.05, 0.1) is 4.53 Å². The van der Waals surface area contributed by atoms with Crippen LogP contribution in [-0.4, -0.2) is 45.3 Å². The Hall–Kier alpha value is -2.43. The number of thioether (sulfide) groups is 1. The lowest BCUT2D eigenvalue weighted by molar-refractivity contribution is -0.132. The highest BCUT2D eigenvalue weighted by Gasteiger charge is 2.40. The van der Waals surface area contributed by atoms with Gasteiger partial charge in [-0.15, -0.1) is 11.3 Å². The molecule has 2 aliphatic heterocycles. The van der Waals surface area contributed by atoms with Crippen LogP contribution in [0.4, 0.5) is 5.69 Å². The monoisotopic (exact) mass is 515 g/mol. The van der Waals surface area contributed by atoms with Crippen molar-refractivity contribution in [1.82, 2.24) is 9.47 Å². The number of nitrogens with zero attached hydrogens (tertiary/aromatic N) is 3. The summed E-state index contributed by atoms with van der Waals surface area (Å²) in [6.07, 6.45) is 5.54. The zero-order valence-corrected chi connectivity index (χ0v) is 21.4. The number of rotatable bonds is 6. The van der Waals surface area contributed by atoms with Crippen molar-refractivity contribution in [2.45, 2.75) is 51.8 Å². The minimum Gasteiger partial charge on any atom is -0.446 e. The molecule has 1 aliphatic carbocycles. The fourth-order valence-corrected chi connectivity index (χ4v) is 7.97. The number of thiocarbonyl (C=S) groups is 1. The number of ether oxygens (including phenoxy) is 1. The SMILES string of the molecule is CCN1C(=O)C(=c2sc(=Cc3ccc4c(c3)C3CCCC3N4CC)c(=O)n2COC=O)SC1=S. The molecule has 2 atom stereocenters. The Kier molecular flexibility index (Phi) is 6.39. The zero-order chi connectivity index (χ0) is 24.0. The van der Waals surface area contributed by atoms with E-state index in [9.17, 15) is 14.4 Å². The highest BCUT2D eigenvalue weighted by molar-refractivity contribution is 8.30. The van der Waals surface area contributed by atoms with E-state index < -0.39 is 0 Å². The largest absolute Gasteiger partial charge is 0.446 e. The first-order valence-electron chi connectivity index (χ1n) is 11.4. The number of hydrogen-bond acceptors (Lipinski definition) is 8. The standard InChI is InChI=1S/C24H25N3O4S3/c1-3-25-17-7-5-6-15(17)16-10-14(8-9-18(16)25)11-19-21(29)27(12-31-13-28)23(33-19)20-22(30)26(4-2)24(32)34-20/h8-11,13,15,17H,3-7,12H2,1-2H3. The fraction of sp³-hybridized carbons (Fsp3) is 0.417. The van der Waals surface area contributed by atoms with Crippen molar-refractivity contribution in [3.05, 3.63) is 48.9 Å². The van der Waals surface area contributed by atoms with Crippen LogP contribution in [0.15, 0.2) is 23.0 Å². The van der Waals surface area contributed by atoms with Crippen molar-refractivity contribution in [2.24, 2.45) is 0 Å². The molecule has 2 unspecified atom stereocenters. The van der Waals surface area contributed by atoms with E-state index >= 15 is 0 Å². The maximum absolute atomic E-state index is 13.3. The van der Waals surface area contributed by atoms with E-state index in [0.717, 1.165) is 12.1 Å². The molecular weight excluding hydrogens is 490 g/mol. The molecule has 5 rings (SSSR count). The molecule has 0 radical (unpaired) electrons. The quantitative estimate of drug-likeness (QED) is 0.432. The molecule has 1 aromatic carbocycles. The number of aromatic nitrogens is 1. The summed E-state index contributed by atoms with van der Waals surface area (Å²) in [5.41, 5.74) is 3.32. The number of amides is 1. The molecule has 7 nitrogen and oxygen atoms in total. The van der Waals surface area contributed by atoms with E-state index in [1.807, 2.05) is 19.1 Å². The molecule has 2 aromatic rings. The first-order chi connectivity index (χ1) is 16.5. The second-order valence-corrected chi connectivity index (χ2v) is 11.2. The van der Waals surface area contributed by atoms with Crippen LogP contribution in [0.25, 0.3) is 11.0 Å². The normalized spacial score (nSPS) is 23.6. The van der Waals surface area contributed by atoms with E-state index in [2.05, 4.69) is 24.0 Å². The zero-order valence-electron chi connectivity index (χ0n) is 19.0. The molecule has 3 heterocycles. The van der Waals surface area contributed by atoms with Crippen LogP contribution in [0.2, 0.25) is 0 Å². The second kappa shape index (κ2) is 9.31. The molecule has 2 fully saturated rings. The summed E-state index contributed by atoms with van der Waals surface area (Å²) in [7, 11) is 0. The third-order valence-corrected chi connectivity index (χ3v) is 9.51. The van der Waals surface area contributed by atoms with Crippen molar-refractivity contribution < 1.29 is 14.3 Å². The molecular formula is C24H25N3O4S3. The Bertz CT molecular complexity index is 1360. The third-order valence-electron chi connectivity index (χ3n) is 6.82. The van der Waals surface area contributed by atoms with Gasteiger partial charge < -0.3 is 9.64 Å². The molecule has 0 bridgehead atoms. The van der Waals surface area contributed by atoms with Crippen molar-refractivity contribution in [1.29, 1.82) is 0 Å². The smallest absolute Gasteiger partial charge is 0.294 e. The Morgan fingerprint density at radius 1 is 1.21 bits per heavy atom. The van der Waals surface area contributed by atoms with Gasteiger partial charge in [0, 0.05) is 30.7 Å². The van der Waals surface area contributed by atoms with Crippen molar-refractivity contribution in [3.8, 4) is 0 Å². The van der Waals surface area contributed by atoms with Crippen LogP contribution >= 0.6 is 35.3 Å². The summed E-state index contributed by atoms with van der Waals surface area (Å²) in [5.74, 6) is 0.318. The second-order valence-electron chi connectivity index (χ2n) is 8.50. The minimum absolute atomic E-state index is 0.227. The lowest BCUT2D eigenvalue weighted by Gasteiger charge is -2.25. The van der Waals surface area contributed by atoms with Crippen LogP contribution in [0.5, 0.6) is 0 Å². The van der Waals surface area contributed by atoms with Crippen LogP contribution < -0.4 is 19.7 Å². The highest BCUT2D eigenvalue weighted by atomic mass is 32.2. The molecule has 10 heteroatoms. The molecule has 3 aliphatic rings. The van der Waals surface area contributed by atoms with Crippen molar-refractivity contribution in [3.63, 3.8) is 0 Å². The molecule has 34 heavy (non-hydrogen) atoms. The molecule has 1 saturated heterocycles. The average Bonchev–Trinajstić information content (AvgIpc) is 3.56. The van der Waals surface area contributed by atoms with Gasteiger partial charge in [-0.05, 0) is 56.0 Å². The van der Waals surface area contributed by atoms with Crippen LogP contribution in [-0.2, 0) is 21.1 Å². The maximum Gasteiger partial charge on any atom is 0.294 e. The van der Waals surface area contributed by atoms with E-state index in [4.69, 9.17) is 17.0 Å². The van der Waals surface area contributed by atoms with Gasteiger partial charge in [0.2, 0.25) is 0 Å². The Balaban J connectivity index is 1.63. The number of anilines is 1. The number of hydrogen-bond donors (Lipinski definition) is 0. The summed E-state index contributed by atoms with van der Waals surface area (Å²) in [5, 5.41) is 0. The molecule has 0 N–H and O–H groups in total. The van der Waals surface area contributed by atoms with Crippen LogP contribution in [0, 0.1) is 0 Å². The predicted molar refractivity (Wildman–Crippen MR) is 139 cm³/mol. The third kappa shape index (κ3) is 3.72. The van der Waals surface area contributed by atoms with E-state index in [1.54, 1.807) is 0 Å². The Morgan fingerprint density at radius 3 is 2.74 bits per heavy atom. The number of benzene rings is 1.